The minimum Gasteiger partial charge on any atom is -0.329 e. The van der Waals surface area contributed by atoms with Gasteiger partial charge in [-0.05, 0) is 0 Å². The minimum atomic E-state index is -0.217. The Morgan fingerprint density at radius 3 is 1.92 bits per heavy atom. The molecule has 80 valence electrons. The van der Waals surface area contributed by atoms with Crippen LogP contribution in [-0.2, 0) is 9.09 Å². The van der Waals surface area contributed by atoms with E-state index in [1.165, 1.54) is 0 Å². The molecule has 0 saturated carbocycles. The highest BCUT2D eigenvalue weighted by Crippen LogP contribution is 1.96. The second kappa shape index (κ2) is 10.0. The van der Waals surface area contributed by atoms with E-state index in [1.54, 1.807) is 0 Å². The van der Waals surface area contributed by atoms with Crippen LogP contribution in [0.3, 0.4) is 0 Å². The lowest BCUT2D eigenvalue weighted by Crippen LogP contribution is -2.37. The molecule has 0 rings (SSSR count). The zero-order valence-electron chi connectivity index (χ0n) is 8.69. The van der Waals surface area contributed by atoms with Crippen molar-refractivity contribution in [3.05, 3.63) is 0 Å². The number of hydrogen-bond donors (Lipinski definition) is 2. The van der Waals surface area contributed by atoms with Crippen molar-refractivity contribution in [3.8, 4) is 0 Å². The van der Waals surface area contributed by atoms with Gasteiger partial charge in [0.1, 0.15) is 13.2 Å². The highest BCUT2D eigenvalue weighted by atomic mass is 31.1. The molecule has 0 saturated heterocycles. The molecule has 0 unspecified atom stereocenters. The summed E-state index contributed by atoms with van der Waals surface area (Å²) >= 11 is 0. The molecule has 0 aliphatic heterocycles. The van der Waals surface area contributed by atoms with Crippen LogP contribution in [-0.4, -0.2) is 51.9 Å². The molecule has 0 aliphatic rings. The summed E-state index contributed by atoms with van der Waals surface area (Å²) in [5, 5.41) is 0. The summed E-state index contributed by atoms with van der Waals surface area (Å²) in [5.41, 5.74) is 9.81. The summed E-state index contributed by atoms with van der Waals surface area (Å²) < 4.78 is 15.2. The third-order valence-corrected chi connectivity index (χ3v) is 1.36. The van der Waals surface area contributed by atoms with Crippen molar-refractivity contribution in [1.29, 1.82) is 0 Å². The molecule has 6 heteroatoms. The smallest absolute Gasteiger partial charge is 0.327 e. The third-order valence-electron chi connectivity index (χ3n) is 1.07. The Kier molecular flexibility index (Phi) is 11.9. The molecule has 0 aliphatic carbocycles. The van der Waals surface area contributed by atoms with Crippen LogP contribution in [0.15, 0.2) is 0 Å². The van der Waals surface area contributed by atoms with Crippen LogP contribution >= 0.6 is 8.69 Å². The first kappa shape index (κ1) is 15.4. The normalized spacial score (nSPS) is 10.8. The van der Waals surface area contributed by atoms with Crippen molar-refractivity contribution in [2.75, 3.05) is 47.4 Å². The molecule has 13 heavy (non-hydrogen) atoms. The number of nitrogens with two attached hydrogens (primary N) is 2. The van der Waals surface area contributed by atoms with Gasteiger partial charge in [-0.25, -0.2) is 4.57 Å². The topological polar surface area (TPSA) is 78.3 Å². The van der Waals surface area contributed by atoms with E-state index in [4.69, 9.17) is 11.5 Å². The lowest BCUT2D eigenvalue weighted by molar-refractivity contribution is -0.870. The van der Waals surface area contributed by atoms with Crippen molar-refractivity contribution in [2.24, 2.45) is 11.5 Å². The van der Waals surface area contributed by atoms with Gasteiger partial charge in [-0.2, -0.15) is 0 Å². The third kappa shape index (κ3) is 24.5. The lowest BCUT2D eigenvalue weighted by atomic mass is 10.5. The van der Waals surface area contributed by atoms with E-state index >= 15 is 0 Å². The minimum absolute atomic E-state index is 0.217. The number of hydrogen-bond acceptors (Lipinski definition) is 4. The summed E-state index contributed by atoms with van der Waals surface area (Å²) in [6.45, 7) is 2.63. The predicted molar refractivity (Wildman–Crippen MR) is 54.6 cm³/mol. The van der Waals surface area contributed by atoms with Crippen molar-refractivity contribution in [1.82, 2.24) is 0 Å². The molecule has 0 spiro atoms. The molecular weight excluding hydrogens is 189 g/mol. The van der Waals surface area contributed by atoms with Crippen molar-refractivity contribution in [3.63, 3.8) is 0 Å². The average Bonchev–Trinajstić information content (AvgIpc) is 2.03. The first-order valence-electron chi connectivity index (χ1n) is 4.13. The first-order valence-corrected chi connectivity index (χ1v) is 4.86. The monoisotopic (exact) mass is 210 g/mol. The van der Waals surface area contributed by atoms with E-state index in [2.05, 4.69) is 25.7 Å². The maximum Gasteiger partial charge on any atom is 0.327 e. The van der Waals surface area contributed by atoms with Crippen molar-refractivity contribution in [2.45, 2.75) is 0 Å². The van der Waals surface area contributed by atoms with E-state index in [-0.39, 0.29) is 8.69 Å². The van der Waals surface area contributed by atoms with Gasteiger partial charge in [-0.15, -0.1) is 0 Å². The van der Waals surface area contributed by atoms with Gasteiger partial charge in [0.25, 0.3) is 0 Å². The largest absolute Gasteiger partial charge is 0.329 e. The number of rotatable bonds is 5. The summed E-state index contributed by atoms with van der Waals surface area (Å²) in [7, 11) is 5.96. The summed E-state index contributed by atoms with van der Waals surface area (Å²) in [6, 6.07) is 0. The van der Waals surface area contributed by atoms with Gasteiger partial charge in [0.05, 0.1) is 21.1 Å². The van der Waals surface area contributed by atoms with E-state index in [0.29, 0.717) is 19.7 Å². The molecule has 0 heterocycles. The van der Waals surface area contributed by atoms with Crippen LogP contribution in [0.25, 0.3) is 0 Å². The Hall–Kier alpha value is -0.0600. The fraction of sp³-hybridized carbons (Fsp3) is 1.00. The van der Waals surface area contributed by atoms with Gasteiger partial charge in [-0.3, -0.25) is 4.52 Å². The SMILES string of the molecule is C[N+](C)(C)CCOP=O.NCCN. The van der Waals surface area contributed by atoms with Gasteiger partial charge in [0.2, 0.25) is 0 Å². The molecule has 0 bridgehead atoms. The molecule has 0 aromatic carbocycles. The van der Waals surface area contributed by atoms with Gasteiger partial charge >= 0.3 is 8.69 Å². The number of nitrogens with zero attached hydrogens (tertiary/aromatic N) is 1. The molecule has 0 aromatic rings. The van der Waals surface area contributed by atoms with Gasteiger partial charge in [0.15, 0.2) is 0 Å². The predicted octanol–water partition coefficient (Wildman–Crippen LogP) is -0.180. The van der Waals surface area contributed by atoms with Crippen LogP contribution in [0, 0.1) is 0 Å². The molecule has 0 radical (unpaired) electrons. The second-order valence-electron chi connectivity index (χ2n) is 3.50. The number of likely N-dealkylation sites (N-methyl/N-ethyl adjacent to an activating group) is 1. The maximum atomic E-state index is 9.76. The van der Waals surface area contributed by atoms with E-state index in [0.717, 1.165) is 11.0 Å². The highest BCUT2D eigenvalue weighted by molar-refractivity contribution is 7.17. The van der Waals surface area contributed by atoms with E-state index < -0.39 is 0 Å². The Morgan fingerprint density at radius 1 is 1.23 bits per heavy atom. The van der Waals surface area contributed by atoms with Gasteiger partial charge in [-0.1, -0.05) is 0 Å². The Morgan fingerprint density at radius 2 is 1.69 bits per heavy atom. The molecule has 0 fully saturated rings. The average molecular weight is 210 g/mol. The zero-order valence-corrected chi connectivity index (χ0v) is 9.59. The Labute approximate surface area is 81.9 Å². The molecule has 0 aromatic heterocycles. The van der Waals surface area contributed by atoms with E-state index in [1.807, 2.05) is 0 Å². The summed E-state index contributed by atoms with van der Waals surface area (Å²) in [4.78, 5) is 0. The van der Waals surface area contributed by atoms with Gasteiger partial charge in [0, 0.05) is 13.1 Å². The first-order chi connectivity index (χ1) is 5.97. The van der Waals surface area contributed by atoms with Crippen molar-refractivity contribution >= 4 is 8.69 Å². The van der Waals surface area contributed by atoms with Crippen LogP contribution < -0.4 is 11.5 Å². The summed E-state index contributed by atoms with van der Waals surface area (Å²) in [5.74, 6) is 0. The second-order valence-corrected chi connectivity index (χ2v) is 3.91. The van der Waals surface area contributed by atoms with E-state index in [9.17, 15) is 4.57 Å². The Balaban J connectivity index is 0. The van der Waals surface area contributed by atoms with Gasteiger partial charge < -0.3 is 16.0 Å². The summed E-state index contributed by atoms with van der Waals surface area (Å²) in [6.07, 6.45) is 0. The zero-order chi connectivity index (χ0) is 10.7. The van der Waals surface area contributed by atoms with Crippen LogP contribution in [0.1, 0.15) is 0 Å². The molecule has 0 amide bonds. The highest BCUT2D eigenvalue weighted by Gasteiger charge is 2.04. The maximum absolute atomic E-state index is 9.76. The quantitative estimate of drug-likeness (QED) is 0.375. The standard InChI is InChI=1S/C5H13NO2P.C2H8N2/c1-6(2,3)4-5-8-9-7;3-1-2-4/h4-5H2,1-3H3;1-4H2/q+1;. The molecular formula is C7H21N3O2P+. The van der Waals surface area contributed by atoms with Crippen LogP contribution in [0.2, 0.25) is 0 Å². The fourth-order valence-corrected chi connectivity index (χ4v) is 0.508. The fourth-order valence-electron chi connectivity index (χ4n) is 0.352. The van der Waals surface area contributed by atoms with Crippen molar-refractivity contribution < 1.29 is 13.6 Å². The van der Waals surface area contributed by atoms with Crippen LogP contribution in [0.4, 0.5) is 0 Å². The molecule has 0 atom stereocenters. The Bertz CT molecular complexity index is 115. The van der Waals surface area contributed by atoms with Crippen LogP contribution in [0.5, 0.6) is 0 Å². The molecule has 5 nitrogen and oxygen atoms in total. The number of quaternary nitrogens is 1. The lowest BCUT2D eigenvalue weighted by Gasteiger charge is -2.22. The molecule has 4 N–H and O–H groups in total.